The zero-order valence-electron chi connectivity index (χ0n) is 23.5. The number of aromatic nitrogens is 4. The Morgan fingerprint density at radius 1 is 0.905 bits per heavy atom. The van der Waals surface area contributed by atoms with Crippen molar-refractivity contribution >= 4 is 17.7 Å². The molecular formula is C31H35N7O4. The minimum Gasteiger partial charge on any atom is -0.354 e. The van der Waals surface area contributed by atoms with Crippen molar-refractivity contribution in [3.63, 3.8) is 0 Å². The highest BCUT2D eigenvalue weighted by molar-refractivity contribution is 6.00. The fourth-order valence-corrected chi connectivity index (χ4v) is 4.66. The SMILES string of the molecule is CCCCC(=O)N(CCNC(=O)C(Cc1ccccc1)C(=O)NO)Cc1ccc(-c2ccccc2-c2nn[nH]n2)cc1. The number of nitrogens with zero attached hydrogens (tertiary/aromatic N) is 4. The van der Waals surface area contributed by atoms with Gasteiger partial charge in [0.1, 0.15) is 5.92 Å². The van der Waals surface area contributed by atoms with Gasteiger partial charge in [-0.25, -0.2) is 5.48 Å². The first-order valence-electron chi connectivity index (χ1n) is 14.0. The van der Waals surface area contributed by atoms with Crippen LogP contribution in [0.3, 0.4) is 0 Å². The first-order valence-corrected chi connectivity index (χ1v) is 14.0. The molecule has 4 aromatic rings. The largest absolute Gasteiger partial charge is 0.354 e. The predicted molar refractivity (Wildman–Crippen MR) is 157 cm³/mol. The maximum absolute atomic E-state index is 13.1. The molecule has 3 amide bonds. The summed E-state index contributed by atoms with van der Waals surface area (Å²) in [6.07, 6.45) is 2.20. The Morgan fingerprint density at radius 2 is 1.62 bits per heavy atom. The van der Waals surface area contributed by atoms with Crippen LogP contribution in [0.5, 0.6) is 0 Å². The third-order valence-electron chi connectivity index (χ3n) is 6.96. The number of benzene rings is 3. The molecule has 0 aliphatic heterocycles. The second-order valence-corrected chi connectivity index (χ2v) is 9.91. The summed E-state index contributed by atoms with van der Waals surface area (Å²) in [5, 5.41) is 26.3. The number of hydrogen-bond acceptors (Lipinski definition) is 7. The second kappa shape index (κ2) is 15.2. The van der Waals surface area contributed by atoms with Gasteiger partial charge in [0.15, 0.2) is 0 Å². The molecule has 11 heteroatoms. The van der Waals surface area contributed by atoms with Crippen molar-refractivity contribution in [2.24, 2.45) is 5.92 Å². The van der Waals surface area contributed by atoms with Crippen LogP contribution in [0, 0.1) is 5.92 Å². The predicted octanol–water partition coefficient (Wildman–Crippen LogP) is 3.53. The lowest BCUT2D eigenvalue weighted by Crippen LogP contribution is -2.44. The van der Waals surface area contributed by atoms with E-state index in [1.807, 2.05) is 85.8 Å². The molecule has 0 saturated carbocycles. The van der Waals surface area contributed by atoms with E-state index in [0.29, 0.717) is 18.8 Å². The number of carbonyl (C=O) groups excluding carboxylic acids is 3. The zero-order chi connectivity index (χ0) is 29.7. The van der Waals surface area contributed by atoms with Crippen LogP contribution in [-0.4, -0.2) is 61.5 Å². The Kier molecular flexibility index (Phi) is 10.9. The lowest BCUT2D eigenvalue weighted by atomic mass is 9.98. The number of hydroxylamine groups is 1. The highest BCUT2D eigenvalue weighted by Crippen LogP contribution is 2.29. The van der Waals surface area contributed by atoms with E-state index in [9.17, 15) is 19.6 Å². The maximum atomic E-state index is 13.1. The van der Waals surface area contributed by atoms with Crippen molar-refractivity contribution in [1.29, 1.82) is 0 Å². The smallest absolute Gasteiger partial charge is 0.256 e. The Morgan fingerprint density at radius 3 is 2.29 bits per heavy atom. The second-order valence-electron chi connectivity index (χ2n) is 9.91. The standard InChI is InChI=1S/C31H35N7O4/c1-2-3-13-28(39)38(19-18-32-30(40)27(31(41)35-42)20-22-9-5-4-6-10-22)21-23-14-16-24(17-15-23)25-11-7-8-12-26(25)29-33-36-37-34-29/h4-12,14-17,27,42H,2-3,13,18-21H2,1H3,(H,32,40)(H,35,41)(H,33,34,36,37). The number of hydrogen-bond donors (Lipinski definition) is 4. The third-order valence-corrected chi connectivity index (χ3v) is 6.96. The first-order chi connectivity index (χ1) is 20.5. The molecule has 1 atom stereocenters. The molecule has 4 N–H and O–H groups in total. The molecule has 1 aromatic heterocycles. The molecule has 3 aromatic carbocycles. The minimum atomic E-state index is -1.11. The molecule has 1 heterocycles. The van der Waals surface area contributed by atoms with E-state index in [4.69, 9.17) is 0 Å². The molecule has 0 spiro atoms. The Bertz CT molecular complexity index is 1440. The minimum absolute atomic E-state index is 0.00781. The molecule has 0 bridgehead atoms. The van der Waals surface area contributed by atoms with Gasteiger partial charge >= 0.3 is 0 Å². The molecule has 0 fully saturated rings. The van der Waals surface area contributed by atoms with Gasteiger partial charge in [0, 0.05) is 31.6 Å². The van der Waals surface area contributed by atoms with Crippen LogP contribution < -0.4 is 10.8 Å². The number of tetrazole rings is 1. The molecule has 0 saturated heterocycles. The number of H-pyrrole nitrogens is 1. The lowest BCUT2D eigenvalue weighted by Gasteiger charge is -2.24. The molecule has 4 rings (SSSR count). The molecule has 42 heavy (non-hydrogen) atoms. The van der Waals surface area contributed by atoms with Crippen molar-refractivity contribution in [3.8, 4) is 22.5 Å². The van der Waals surface area contributed by atoms with Gasteiger partial charge in [0.05, 0.1) is 0 Å². The van der Waals surface area contributed by atoms with Gasteiger partial charge < -0.3 is 10.2 Å². The van der Waals surface area contributed by atoms with Crippen LogP contribution in [0.1, 0.15) is 37.3 Å². The number of amides is 3. The van der Waals surface area contributed by atoms with Crippen LogP contribution in [0.15, 0.2) is 78.9 Å². The molecule has 0 aliphatic rings. The average Bonchev–Trinajstić information content (AvgIpc) is 3.57. The topological polar surface area (TPSA) is 153 Å². The van der Waals surface area contributed by atoms with E-state index in [1.54, 1.807) is 10.4 Å². The normalized spacial score (nSPS) is 11.5. The van der Waals surface area contributed by atoms with Crippen LogP contribution in [0.25, 0.3) is 22.5 Å². The fraction of sp³-hybridized carbons (Fsp3) is 0.290. The summed E-state index contributed by atoms with van der Waals surface area (Å²) in [4.78, 5) is 39.9. The van der Waals surface area contributed by atoms with Gasteiger partial charge in [-0.3, -0.25) is 19.6 Å². The summed E-state index contributed by atoms with van der Waals surface area (Å²) in [5.74, 6) is -1.91. The van der Waals surface area contributed by atoms with Crippen LogP contribution in [0.2, 0.25) is 0 Å². The summed E-state index contributed by atoms with van der Waals surface area (Å²) in [6.45, 7) is 2.84. The van der Waals surface area contributed by atoms with Crippen molar-refractivity contribution in [3.05, 3.63) is 90.0 Å². The summed E-state index contributed by atoms with van der Waals surface area (Å²) in [6, 6.07) is 24.8. The number of nitrogens with one attached hydrogen (secondary N) is 3. The van der Waals surface area contributed by atoms with Crippen molar-refractivity contribution < 1.29 is 19.6 Å². The van der Waals surface area contributed by atoms with Gasteiger partial charge in [-0.2, -0.15) is 5.21 Å². The zero-order valence-corrected chi connectivity index (χ0v) is 23.5. The Hall–Kier alpha value is -4.90. The van der Waals surface area contributed by atoms with Crippen molar-refractivity contribution in [2.75, 3.05) is 13.1 Å². The highest BCUT2D eigenvalue weighted by atomic mass is 16.5. The summed E-state index contributed by atoms with van der Waals surface area (Å²) < 4.78 is 0. The van der Waals surface area contributed by atoms with E-state index in [2.05, 4.69) is 25.9 Å². The quantitative estimate of drug-likeness (QED) is 0.103. The van der Waals surface area contributed by atoms with E-state index in [-0.39, 0.29) is 25.4 Å². The molecule has 0 radical (unpaired) electrons. The van der Waals surface area contributed by atoms with Gasteiger partial charge in [0.25, 0.3) is 5.91 Å². The van der Waals surface area contributed by atoms with E-state index < -0.39 is 17.7 Å². The van der Waals surface area contributed by atoms with Crippen LogP contribution in [0.4, 0.5) is 0 Å². The average molecular weight is 570 g/mol. The fourth-order valence-electron chi connectivity index (χ4n) is 4.66. The summed E-state index contributed by atoms with van der Waals surface area (Å²) >= 11 is 0. The van der Waals surface area contributed by atoms with Crippen LogP contribution in [-0.2, 0) is 27.3 Å². The monoisotopic (exact) mass is 569 g/mol. The number of rotatable bonds is 14. The summed E-state index contributed by atoms with van der Waals surface area (Å²) in [7, 11) is 0. The molecule has 1 unspecified atom stereocenters. The number of carbonyl (C=O) groups is 3. The van der Waals surface area contributed by atoms with Gasteiger partial charge in [-0.05, 0) is 40.3 Å². The summed E-state index contributed by atoms with van der Waals surface area (Å²) in [5.41, 5.74) is 6.11. The van der Waals surface area contributed by atoms with Crippen molar-refractivity contribution in [1.82, 2.24) is 36.3 Å². The van der Waals surface area contributed by atoms with E-state index >= 15 is 0 Å². The molecule has 218 valence electrons. The van der Waals surface area contributed by atoms with Crippen molar-refractivity contribution in [2.45, 2.75) is 39.2 Å². The maximum Gasteiger partial charge on any atom is 0.256 e. The van der Waals surface area contributed by atoms with E-state index in [1.165, 1.54) is 0 Å². The molecular weight excluding hydrogens is 534 g/mol. The first kappa shape index (κ1) is 30.1. The highest BCUT2D eigenvalue weighted by Gasteiger charge is 2.27. The number of unbranched alkanes of at least 4 members (excludes halogenated alkanes) is 1. The Labute approximate surface area is 244 Å². The number of aromatic amines is 1. The van der Waals surface area contributed by atoms with Crippen LogP contribution >= 0.6 is 0 Å². The lowest BCUT2D eigenvalue weighted by molar-refractivity contribution is -0.141. The Balaban J connectivity index is 1.42. The van der Waals surface area contributed by atoms with Gasteiger partial charge in [-0.1, -0.05) is 92.2 Å². The van der Waals surface area contributed by atoms with Gasteiger partial charge in [-0.15, -0.1) is 10.2 Å². The third kappa shape index (κ3) is 8.07. The van der Waals surface area contributed by atoms with E-state index in [0.717, 1.165) is 40.7 Å². The molecule has 0 aliphatic carbocycles. The van der Waals surface area contributed by atoms with Gasteiger partial charge in [0.2, 0.25) is 17.6 Å². The molecule has 11 nitrogen and oxygen atoms in total.